The molecule has 0 radical (unpaired) electrons. The van der Waals surface area contributed by atoms with Gasteiger partial charge < -0.3 is 0 Å². The lowest BCUT2D eigenvalue weighted by Gasteiger charge is -2.02. The molecule has 0 bridgehead atoms. The van der Waals surface area contributed by atoms with E-state index in [1.807, 2.05) is 0 Å². The molecule has 2 aromatic carbocycles. The van der Waals surface area contributed by atoms with Crippen molar-refractivity contribution in [2.45, 2.75) is 0 Å². The Morgan fingerprint density at radius 1 is 1.07 bits per heavy atom. The van der Waals surface area contributed by atoms with Crippen LogP contribution in [-0.4, -0.2) is 0 Å². The van der Waals surface area contributed by atoms with Gasteiger partial charge in [-0.05, 0) is 39.2 Å². The molecule has 0 amide bonds. The summed E-state index contributed by atoms with van der Waals surface area (Å²) in [4.78, 5) is 0. The molecule has 0 fully saturated rings. The lowest BCUT2D eigenvalue weighted by Crippen LogP contribution is -1.77. The van der Waals surface area contributed by atoms with Gasteiger partial charge in [0.1, 0.15) is 0 Å². The monoisotopic (exact) mass is 271 g/mol. The molecule has 0 unspecified atom stereocenters. The standard InChI is InChI=1S/C12H8BrCl/c13-11-7-6-10(8-12(11)14)9-4-2-1-3-5-9/h1-8H/i1D,2D,3D,4D,5D. The van der Waals surface area contributed by atoms with Crippen LogP contribution in [0.5, 0.6) is 0 Å². The van der Waals surface area contributed by atoms with Crippen LogP contribution in [-0.2, 0) is 0 Å². The number of rotatable bonds is 1. The quantitative estimate of drug-likeness (QED) is 0.701. The number of halogens is 2. The van der Waals surface area contributed by atoms with E-state index in [1.54, 1.807) is 18.2 Å². The van der Waals surface area contributed by atoms with Crippen LogP contribution in [0.1, 0.15) is 6.85 Å². The molecule has 14 heavy (non-hydrogen) atoms. The van der Waals surface area contributed by atoms with Gasteiger partial charge in [0.25, 0.3) is 0 Å². The molecular weight excluding hydrogens is 259 g/mol. The zero-order chi connectivity index (χ0) is 14.3. The Balaban J connectivity index is 2.79. The summed E-state index contributed by atoms with van der Waals surface area (Å²) in [5.74, 6) is 0. The Hall–Kier alpha value is -0.790. The minimum atomic E-state index is -0.401. The van der Waals surface area contributed by atoms with Crippen molar-refractivity contribution in [1.82, 2.24) is 0 Å². The molecule has 0 nitrogen and oxygen atoms in total. The van der Waals surface area contributed by atoms with Crippen LogP contribution in [0.3, 0.4) is 0 Å². The fourth-order valence-electron chi connectivity index (χ4n) is 1.05. The van der Waals surface area contributed by atoms with Gasteiger partial charge in [0.15, 0.2) is 0 Å². The SMILES string of the molecule is [2H]c1c([2H])c([2H])c(-c2ccc(Br)c(Cl)c2)c([2H])c1[2H]. The molecule has 0 N–H and O–H groups in total. The summed E-state index contributed by atoms with van der Waals surface area (Å²) in [7, 11) is 0. The second-order valence-corrected chi connectivity index (χ2v) is 3.89. The lowest BCUT2D eigenvalue weighted by molar-refractivity contribution is 1.59. The Bertz CT molecular complexity index is 643. The molecule has 0 aromatic heterocycles. The van der Waals surface area contributed by atoms with Crippen LogP contribution < -0.4 is 0 Å². The third-order valence-electron chi connectivity index (χ3n) is 1.71. The van der Waals surface area contributed by atoms with Crippen LogP contribution in [0.4, 0.5) is 0 Å². The molecule has 0 saturated carbocycles. The predicted molar refractivity (Wildman–Crippen MR) is 64.6 cm³/mol. The van der Waals surface area contributed by atoms with Crippen molar-refractivity contribution in [3.8, 4) is 11.1 Å². The zero-order valence-corrected chi connectivity index (χ0v) is 9.33. The smallest absolute Gasteiger partial charge is 0.0629 e. The van der Waals surface area contributed by atoms with Crippen molar-refractivity contribution in [2.24, 2.45) is 0 Å². The van der Waals surface area contributed by atoms with Gasteiger partial charge >= 0.3 is 0 Å². The maximum atomic E-state index is 7.87. The summed E-state index contributed by atoms with van der Waals surface area (Å²) >= 11 is 9.23. The molecule has 0 aliphatic rings. The van der Waals surface area contributed by atoms with E-state index in [2.05, 4.69) is 15.9 Å². The van der Waals surface area contributed by atoms with Crippen LogP contribution in [0, 0.1) is 0 Å². The fraction of sp³-hybridized carbons (Fsp3) is 0. The fourth-order valence-corrected chi connectivity index (χ4v) is 1.47. The highest BCUT2D eigenvalue weighted by atomic mass is 79.9. The molecule has 0 saturated heterocycles. The van der Waals surface area contributed by atoms with E-state index in [0.717, 1.165) is 0 Å². The Morgan fingerprint density at radius 3 is 2.43 bits per heavy atom. The molecular formula is C12H8BrCl. The van der Waals surface area contributed by atoms with Crippen molar-refractivity contribution >= 4 is 27.5 Å². The van der Waals surface area contributed by atoms with E-state index in [9.17, 15) is 0 Å². The van der Waals surface area contributed by atoms with Crippen molar-refractivity contribution in [3.05, 3.63) is 57.9 Å². The van der Waals surface area contributed by atoms with Crippen LogP contribution in [0.2, 0.25) is 5.02 Å². The summed E-state index contributed by atoms with van der Waals surface area (Å²) < 4.78 is 39.2. The van der Waals surface area contributed by atoms with E-state index in [4.69, 9.17) is 18.5 Å². The highest BCUT2D eigenvalue weighted by Gasteiger charge is 2.00. The first kappa shape index (κ1) is 5.34. The summed E-state index contributed by atoms with van der Waals surface area (Å²) in [5, 5.41) is 0.421. The second-order valence-electron chi connectivity index (χ2n) is 2.63. The highest BCUT2D eigenvalue weighted by molar-refractivity contribution is 9.10. The Morgan fingerprint density at radius 2 is 1.79 bits per heavy atom. The predicted octanol–water partition coefficient (Wildman–Crippen LogP) is 4.77. The lowest BCUT2D eigenvalue weighted by atomic mass is 10.1. The number of benzene rings is 2. The van der Waals surface area contributed by atoms with Gasteiger partial charge in [-0.2, -0.15) is 0 Å². The van der Waals surface area contributed by atoms with E-state index >= 15 is 0 Å². The van der Waals surface area contributed by atoms with E-state index in [0.29, 0.717) is 15.1 Å². The molecule has 0 heterocycles. The molecule has 2 aromatic rings. The molecule has 2 rings (SSSR count). The average Bonchev–Trinajstić information content (AvgIpc) is 2.38. The molecule has 0 spiro atoms. The van der Waals surface area contributed by atoms with Crippen LogP contribution >= 0.6 is 27.5 Å². The van der Waals surface area contributed by atoms with Gasteiger partial charge in [0.05, 0.1) is 11.9 Å². The van der Waals surface area contributed by atoms with Gasteiger partial charge in [-0.1, -0.05) is 47.9 Å². The first-order valence-electron chi connectivity index (χ1n) is 6.37. The highest BCUT2D eigenvalue weighted by Crippen LogP contribution is 2.28. The molecule has 0 aliphatic carbocycles. The third kappa shape index (κ3) is 1.99. The van der Waals surface area contributed by atoms with Gasteiger partial charge in [-0.15, -0.1) is 0 Å². The van der Waals surface area contributed by atoms with Crippen LogP contribution in [0.15, 0.2) is 52.9 Å². The Labute approximate surface area is 104 Å². The minimum absolute atomic E-state index is 0.153. The van der Waals surface area contributed by atoms with Gasteiger partial charge in [0, 0.05) is 4.47 Å². The molecule has 0 aliphatic heterocycles. The van der Waals surface area contributed by atoms with Gasteiger partial charge in [0.2, 0.25) is 0 Å². The first-order chi connectivity index (χ1) is 8.84. The van der Waals surface area contributed by atoms with Crippen molar-refractivity contribution in [2.75, 3.05) is 0 Å². The van der Waals surface area contributed by atoms with Crippen molar-refractivity contribution in [1.29, 1.82) is 0 Å². The van der Waals surface area contributed by atoms with E-state index in [1.165, 1.54) is 0 Å². The maximum Gasteiger partial charge on any atom is 0.0629 e. The molecule has 2 heteroatoms. The van der Waals surface area contributed by atoms with Crippen molar-refractivity contribution in [3.63, 3.8) is 0 Å². The number of hydrogen-bond acceptors (Lipinski definition) is 0. The zero-order valence-electron chi connectivity index (χ0n) is 12.0. The largest absolute Gasteiger partial charge is 0.0831 e. The third-order valence-corrected chi connectivity index (χ3v) is 2.94. The minimum Gasteiger partial charge on any atom is -0.0831 e. The molecule has 0 atom stereocenters. The maximum absolute atomic E-state index is 7.87. The normalized spacial score (nSPS) is 15.1. The summed E-state index contributed by atoms with van der Waals surface area (Å²) in [6.45, 7) is 0. The van der Waals surface area contributed by atoms with Gasteiger partial charge in [-0.3, -0.25) is 0 Å². The number of hydrogen-bond donors (Lipinski definition) is 0. The van der Waals surface area contributed by atoms with Crippen LogP contribution in [0.25, 0.3) is 11.1 Å². The van der Waals surface area contributed by atoms with Crippen molar-refractivity contribution < 1.29 is 6.85 Å². The molecule has 70 valence electrons. The van der Waals surface area contributed by atoms with E-state index in [-0.39, 0.29) is 29.7 Å². The summed E-state index contributed by atoms with van der Waals surface area (Å²) in [6.07, 6.45) is 0. The van der Waals surface area contributed by atoms with E-state index < -0.39 is 6.04 Å². The second kappa shape index (κ2) is 4.16. The Kier molecular flexibility index (Phi) is 1.58. The summed E-state index contributed by atoms with van der Waals surface area (Å²) in [5.41, 5.74) is 0.644. The average molecular weight is 273 g/mol. The van der Waals surface area contributed by atoms with Gasteiger partial charge in [-0.25, -0.2) is 0 Å². The summed E-state index contributed by atoms with van der Waals surface area (Å²) in [6, 6.07) is 3.34. The first-order valence-corrected chi connectivity index (χ1v) is 5.04. The topological polar surface area (TPSA) is 0 Å².